The molecule has 1 aliphatic heterocycles. The number of carbonyl (C=O) groups is 1. The van der Waals surface area contributed by atoms with Crippen LogP contribution < -0.4 is 14.2 Å². The van der Waals surface area contributed by atoms with Gasteiger partial charge in [-0.2, -0.15) is 0 Å². The first-order valence-corrected chi connectivity index (χ1v) is 8.52. The molecule has 0 N–H and O–H groups in total. The van der Waals surface area contributed by atoms with Crippen molar-refractivity contribution in [2.24, 2.45) is 0 Å². The van der Waals surface area contributed by atoms with Crippen LogP contribution in [-0.4, -0.2) is 57.4 Å². The van der Waals surface area contributed by atoms with Gasteiger partial charge in [-0.1, -0.05) is 18.2 Å². The predicted molar refractivity (Wildman–Crippen MR) is 97.1 cm³/mol. The third-order valence-corrected chi connectivity index (χ3v) is 4.24. The number of carbonyl (C=O) groups excluding carboxylic acids is 1. The molecule has 0 spiro atoms. The second kappa shape index (κ2) is 8.58. The molecular weight excluding hydrogens is 334 g/mol. The van der Waals surface area contributed by atoms with Crippen LogP contribution in [0.1, 0.15) is 10.4 Å². The Morgan fingerprint density at radius 3 is 2.62 bits per heavy atom. The van der Waals surface area contributed by atoms with E-state index in [-0.39, 0.29) is 12.0 Å². The highest BCUT2D eigenvalue weighted by Gasteiger charge is 2.26. The molecule has 1 amide bonds. The normalized spacial score (nSPS) is 16.8. The van der Waals surface area contributed by atoms with Gasteiger partial charge in [0.25, 0.3) is 5.91 Å². The topological polar surface area (TPSA) is 57.2 Å². The minimum Gasteiger partial charge on any atom is -0.493 e. The van der Waals surface area contributed by atoms with Gasteiger partial charge in [0.2, 0.25) is 0 Å². The minimum atomic E-state index is -0.159. The van der Waals surface area contributed by atoms with Gasteiger partial charge in [0.1, 0.15) is 18.5 Å². The van der Waals surface area contributed by atoms with E-state index in [2.05, 4.69) is 0 Å². The summed E-state index contributed by atoms with van der Waals surface area (Å²) in [6.07, 6.45) is -0.159. The van der Waals surface area contributed by atoms with E-state index in [0.717, 1.165) is 5.75 Å². The molecule has 1 fully saturated rings. The van der Waals surface area contributed by atoms with Crippen LogP contribution in [0.15, 0.2) is 48.5 Å². The SMILES string of the molecule is COc1ccc(C(=O)N2CCO[C@@H](COc3ccccc3)C2)cc1OC. The lowest BCUT2D eigenvalue weighted by atomic mass is 10.1. The van der Waals surface area contributed by atoms with Crippen LogP contribution in [-0.2, 0) is 4.74 Å². The molecule has 0 radical (unpaired) electrons. The fraction of sp³-hybridized carbons (Fsp3) is 0.350. The summed E-state index contributed by atoms with van der Waals surface area (Å²) in [4.78, 5) is 14.6. The molecule has 0 bridgehead atoms. The van der Waals surface area contributed by atoms with Crippen LogP contribution in [0.2, 0.25) is 0 Å². The molecule has 1 atom stereocenters. The van der Waals surface area contributed by atoms with E-state index in [9.17, 15) is 4.79 Å². The van der Waals surface area contributed by atoms with Gasteiger partial charge in [0.15, 0.2) is 11.5 Å². The quantitative estimate of drug-likeness (QED) is 0.795. The summed E-state index contributed by atoms with van der Waals surface area (Å²) in [5.41, 5.74) is 0.562. The molecule has 0 aliphatic carbocycles. The maximum absolute atomic E-state index is 12.8. The number of nitrogens with zero attached hydrogens (tertiary/aromatic N) is 1. The molecule has 138 valence electrons. The van der Waals surface area contributed by atoms with Crippen LogP contribution in [0.25, 0.3) is 0 Å². The Morgan fingerprint density at radius 2 is 1.88 bits per heavy atom. The van der Waals surface area contributed by atoms with Crippen molar-refractivity contribution in [3.05, 3.63) is 54.1 Å². The van der Waals surface area contributed by atoms with Crippen molar-refractivity contribution in [3.63, 3.8) is 0 Å². The van der Waals surface area contributed by atoms with Gasteiger partial charge in [-0.3, -0.25) is 4.79 Å². The Kier molecular flexibility index (Phi) is 5.96. The molecule has 1 aliphatic rings. The second-order valence-corrected chi connectivity index (χ2v) is 5.94. The number of hydrogen-bond acceptors (Lipinski definition) is 5. The van der Waals surface area contributed by atoms with E-state index in [1.165, 1.54) is 0 Å². The van der Waals surface area contributed by atoms with E-state index in [1.54, 1.807) is 37.3 Å². The van der Waals surface area contributed by atoms with Crippen molar-refractivity contribution in [2.75, 3.05) is 40.5 Å². The molecule has 6 heteroatoms. The maximum Gasteiger partial charge on any atom is 0.254 e. The minimum absolute atomic E-state index is 0.0565. The summed E-state index contributed by atoms with van der Waals surface area (Å²) in [6, 6.07) is 14.8. The lowest BCUT2D eigenvalue weighted by Gasteiger charge is -2.33. The largest absolute Gasteiger partial charge is 0.493 e. The standard InChI is InChI=1S/C20H23NO5/c1-23-18-9-8-15(12-19(18)24-2)20(22)21-10-11-25-17(13-21)14-26-16-6-4-3-5-7-16/h3-9,12,17H,10-11,13-14H2,1-2H3/t17-/m1/s1. The number of rotatable bonds is 6. The summed E-state index contributed by atoms with van der Waals surface area (Å²) >= 11 is 0. The Bertz CT molecular complexity index is 734. The molecule has 0 saturated carbocycles. The van der Waals surface area contributed by atoms with E-state index in [1.807, 2.05) is 30.3 Å². The zero-order chi connectivity index (χ0) is 18.4. The van der Waals surface area contributed by atoms with Gasteiger partial charge < -0.3 is 23.8 Å². The maximum atomic E-state index is 12.8. The van der Waals surface area contributed by atoms with Gasteiger partial charge >= 0.3 is 0 Å². The van der Waals surface area contributed by atoms with E-state index in [4.69, 9.17) is 18.9 Å². The number of hydrogen-bond donors (Lipinski definition) is 0. The average molecular weight is 357 g/mol. The van der Waals surface area contributed by atoms with Crippen molar-refractivity contribution in [3.8, 4) is 17.2 Å². The molecule has 0 unspecified atom stereocenters. The zero-order valence-electron chi connectivity index (χ0n) is 15.0. The first-order chi connectivity index (χ1) is 12.7. The fourth-order valence-electron chi connectivity index (χ4n) is 2.86. The Balaban J connectivity index is 1.62. The smallest absolute Gasteiger partial charge is 0.254 e. The third-order valence-electron chi connectivity index (χ3n) is 4.24. The van der Waals surface area contributed by atoms with E-state index in [0.29, 0.717) is 43.4 Å². The molecule has 26 heavy (non-hydrogen) atoms. The van der Waals surface area contributed by atoms with Crippen molar-refractivity contribution in [1.29, 1.82) is 0 Å². The summed E-state index contributed by atoms with van der Waals surface area (Å²) < 4.78 is 22.0. The van der Waals surface area contributed by atoms with Crippen molar-refractivity contribution in [2.45, 2.75) is 6.10 Å². The van der Waals surface area contributed by atoms with Crippen molar-refractivity contribution >= 4 is 5.91 Å². The first kappa shape index (κ1) is 18.1. The Hall–Kier alpha value is -2.73. The summed E-state index contributed by atoms with van der Waals surface area (Å²) in [6.45, 7) is 1.93. The highest BCUT2D eigenvalue weighted by molar-refractivity contribution is 5.95. The van der Waals surface area contributed by atoms with Gasteiger partial charge in [-0.15, -0.1) is 0 Å². The van der Waals surface area contributed by atoms with Crippen LogP contribution in [0, 0.1) is 0 Å². The second-order valence-electron chi connectivity index (χ2n) is 5.94. The van der Waals surface area contributed by atoms with Crippen LogP contribution in [0.5, 0.6) is 17.2 Å². The molecule has 2 aromatic rings. The van der Waals surface area contributed by atoms with Gasteiger partial charge in [0.05, 0.1) is 27.4 Å². The summed E-state index contributed by atoms with van der Waals surface area (Å²) in [7, 11) is 3.12. The molecule has 1 heterocycles. The molecule has 3 rings (SSSR count). The Labute approximate surface area is 153 Å². The number of ether oxygens (including phenoxy) is 4. The third kappa shape index (κ3) is 4.26. The van der Waals surface area contributed by atoms with Crippen LogP contribution in [0.3, 0.4) is 0 Å². The van der Waals surface area contributed by atoms with E-state index < -0.39 is 0 Å². The molecule has 2 aromatic carbocycles. The van der Waals surface area contributed by atoms with Crippen molar-refractivity contribution < 1.29 is 23.7 Å². The number of methoxy groups -OCH3 is 2. The predicted octanol–water partition coefficient (Wildman–Crippen LogP) is 2.62. The number of para-hydroxylation sites is 1. The first-order valence-electron chi connectivity index (χ1n) is 8.52. The van der Waals surface area contributed by atoms with Gasteiger partial charge in [-0.05, 0) is 30.3 Å². The lowest BCUT2D eigenvalue weighted by molar-refractivity contribution is -0.0401. The summed E-state index contributed by atoms with van der Waals surface area (Å²) in [5.74, 6) is 1.87. The average Bonchev–Trinajstić information content (AvgIpc) is 2.72. The lowest BCUT2D eigenvalue weighted by Crippen LogP contribution is -2.47. The van der Waals surface area contributed by atoms with E-state index >= 15 is 0 Å². The number of amides is 1. The van der Waals surface area contributed by atoms with Crippen LogP contribution in [0.4, 0.5) is 0 Å². The van der Waals surface area contributed by atoms with Gasteiger partial charge in [-0.25, -0.2) is 0 Å². The van der Waals surface area contributed by atoms with Gasteiger partial charge in [0, 0.05) is 12.1 Å². The highest BCUT2D eigenvalue weighted by Crippen LogP contribution is 2.28. The molecule has 1 saturated heterocycles. The monoisotopic (exact) mass is 357 g/mol. The Morgan fingerprint density at radius 1 is 1.12 bits per heavy atom. The highest BCUT2D eigenvalue weighted by atomic mass is 16.5. The summed E-state index contributed by atoms with van der Waals surface area (Å²) in [5, 5.41) is 0. The molecule has 6 nitrogen and oxygen atoms in total. The molecule has 0 aromatic heterocycles. The number of benzene rings is 2. The number of morpholine rings is 1. The molecular formula is C20H23NO5. The fourth-order valence-corrected chi connectivity index (χ4v) is 2.86. The van der Waals surface area contributed by atoms with Crippen LogP contribution >= 0.6 is 0 Å². The zero-order valence-corrected chi connectivity index (χ0v) is 15.0. The van der Waals surface area contributed by atoms with Crippen molar-refractivity contribution in [1.82, 2.24) is 4.90 Å².